The van der Waals surface area contributed by atoms with Crippen molar-refractivity contribution in [2.45, 2.75) is 11.3 Å². The van der Waals surface area contributed by atoms with Gasteiger partial charge in [0, 0.05) is 4.90 Å². The molecule has 0 amide bonds. The van der Waals surface area contributed by atoms with E-state index in [0.717, 1.165) is 4.90 Å². The Kier molecular flexibility index (Phi) is 3.74. The summed E-state index contributed by atoms with van der Waals surface area (Å²) in [6.45, 7) is 0. The second-order valence-electron chi connectivity index (χ2n) is 2.95. The molecule has 0 spiro atoms. The van der Waals surface area contributed by atoms with Crippen LogP contribution in [-0.2, 0) is 11.2 Å². The Balaban J connectivity index is 3.11. The average Bonchev–Trinajstić information content (AvgIpc) is 2.16. The number of carbonyl (C=O) groups is 2. The number of hydrogen-bond acceptors (Lipinski definition) is 3. The van der Waals surface area contributed by atoms with Gasteiger partial charge >= 0.3 is 11.9 Å². The maximum absolute atomic E-state index is 10.8. The fourth-order valence-electron chi connectivity index (χ4n) is 1.18. The van der Waals surface area contributed by atoms with Gasteiger partial charge in [-0.25, -0.2) is 4.79 Å². The van der Waals surface area contributed by atoms with Crippen LogP contribution in [0, 0.1) is 0 Å². The first kappa shape index (κ1) is 11.6. The molecule has 0 radical (unpaired) electrons. The minimum atomic E-state index is -1.04. The van der Waals surface area contributed by atoms with Crippen molar-refractivity contribution in [2.75, 3.05) is 6.26 Å². The zero-order valence-corrected chi connectivity index (χ0v) is 8.87. The quantitative estimate of drug-likeness (QED) is 0.765. The zero-order chi connectivity index (χ0) is 11.4. The molecule has 0 aliphatic rings. The summed E-state index contributed by atoms with van der Waals surface area (Å²) in [4.78, 5) is 22.0. The highest BCUT2D eigenvalue weighted by Gasteiger charge is 2.08. The summed E-state index contributed by atoms with van der Waals surface area (Å²) >= 11 is 1.39. The van der Waals surface area contributed by atoms with Crippen molar-refractivity contribution >= 4 is 23.7 Å². The third-order valence-corrected chi connectivity index (χ3v) is 2.51. The summed E-state index contributed by atoms with van der Waals surface area (Å²) in [6.07, 6.45) is 1.65. The minimum Gasteiger partial charge on any atom is -0.481 e. The highest BCUT2D eigenvalue weighted by molar-refractivity contribution is 7.98. The van der Waals surface area contributed by atoms with E-state index in [2.05, 4.69) is 0 Å². The number of rotatable bonds is 4. The molecule has 0 saturated heterocycles. The summed E-state index contributed by atoms with van der Waals surface area (Å²) in [7, 11) is 0. The Hall–Kier alpha value is -1.49. The van der Waals surface area contributed by atoms with Crippen molar-refractivity contribution in [3.8, 4) is 0 Å². The molecule has 80 valence electrons. The number of aromatic carboxylic acids is 1. The van der Waals surface area contributed by atoms with Gasteiger partial charge < -0.3 is 10.2 Å². The summed E-state index contributed by atoms with van der Waals surface area (Å²) in [5, 5.41) is 17.4. The fraction of sp³-hybridized carbons (Fsp3) is 0.200. The maximum Gasteiger partial charge on any atom is 0.335 e. The van der Waals surface area contributed by atoms with E-state index >= 15 is 0 Å². The summed E-state index contributed by atoms with van der Waals surface area (Å²) in [6, 6.07) is 4.60. The van der Waals surface area contributed by atoms with E-state index in [1.54, 1.807) is 6.07 Å². The molecule has 0 aliphatic carbocycles. The van der Waals surface area contributed by atoms with Crippen molar-refractivity contribution in [1.29, 1.82) is 0 Å². The maximum atomic E-state index is 10.8. The number of carboxylic acids is 2. The number of carboxylic acid groups (broad SMARTS) is 2. The molecule has 0 fully saturated rings. The van der Waals surface area contributed by atoms with Crippen molar-refractivity contribution < 1.29 is 19.8 Å². The molecule has 1 rings (SSSR count). The third-order valence-electron chi connectivity index (χ3n) is 1.80. The topological polar surface area (TPSA) is 74.6 Å². The highest BCUT2D eigenvalue weighted by atomic mass is 32.2. The SMILES string of the molecule is CSc1cc(CC(=O)O)cc(C(=O)O)c1. The molecule has 5 heteroatoms. The lowest BCUT2D eigenvalue weighted by molar-refractivity contribution is -0.136. The Morgan fingerprint density at radius 1 is 1.27 bits per heavy atom. The van der Waals surface area contributed by atoms with Gasteiger partial charge in [0.05, 0.1) is 12.0 Å². The van der Waals surface area contributed by atoms with Crippen LogP contribution in [0.25, 0.3) is 0 Å². The van der Waals surface area contributed by atoms with Gasteiger partial charge in [0.1, 0.15) is 0 Å². The van der Waals surface area contributed by atoms with Crippen LogP contribution in [0.5, 0.6) is 0 Å². The smallest absolute Gasteiger partial charge is 0.335 e. The van der Waals surface area contributed by atoms with Crippen molar-refractivity contribution in [3.05, 3.63) is 29.3 Å². The molecule has 15 heavy (non-hydrogen) atoms. The van der Waals surface area contributed by atoms with Crippen LogP contribution < -0.4 is 0 Å². The molecule has 1 aromatic rings. The summed E-state index contributed by atoms with van der Waals surface area (Å²) in [5.41, 5.74) is 0.629. The molecule has 2 N–H and O–H groups in total. The molecule has 0 heterocycles. The largest absolute Gasteiger partial charge is 0.481 e. The Labute approximate surface area is 90.9 Å². The minimum absolute atomic E-state index is 0.123. The van der Waals surface area contributed by atoms with Crippen LogP contribution in [0.4, 0.5) is 0 Å². The molecule has 0 bridgehead atoms. The molecule has 0 aromatic heterocycles. The van der Waals surface area contributed by atoms with Crippen LogP contribution in [0.15, 0.2) is 23.1 Å². The predicted octanol–water partition coefficient (Wildman–Crippen LogP) is 1.73. The predicted molar refractivity (Wildman–Crippen MR) is 56.5 cm³/mol. The third kappa shape index (κ3) is 3.28. The van der Waals surface area contributed by atoms with Crippen molar-refractivity contribution in [1.82, 2.24) is 0 Å². The standard InChI is InChI=1S/C10H10O4S/c1-15-8-3-6(4-9(11)12)2-7(5-8)10(13)14/h2-3,5H,4H2,1H3,(H,11,12)(H,13,14). The first-order valence-electron chi connectivity index (χ1n) is 4.16. The van der Waals surface area contributed by atoms with Crippen LogP contribution in [0.2, 0.25) is 0 Å². The van der Waals surface area contributed by atoms with Gasteiger partial charge in [-0.2, -0.15) is 0 Å². The Morgan fingerprint density at radius 3 is 2.40 bits per heavy atom. The highest BCUT2D eigenvalue weighted by Crippen LogP contribution is 2.19. The molecule has 0 atom stereocenters. The second-order valence-corrected chi connectivity index (χ2v) is 3.83. The van der Waals surface area contributed by atoms with E-state index in [4.69, 9.17) is 10.2 Å². The first-order valence-corrected chi connectivity index (χ1v) is 5.38. The number of aliphatic carboxylic acids is 1. The molecule has 1 aromatic carbocycles. The van der Waals surface area contributed by atoms with E-state index in [9.17, 15) is 9.59 Å². The Morgan fingerprint density at radius 2 is 1.93 bits per heavy atom. The van der Waals surface area contributed by atoms with Gasteiger partial charge in [0.2, 0.25) is 0 Å². The lowest BCUT2D eigenvalue weighted by Gasteiger charge is -2.03. The van der Waals surface area contributed by atoms with E-state index in [1.807, 2.05) is 6.26 Å². The van der Waals surface area contributed by atoms with Gasteiger partial charge in [-0.3, -0.25) is 4.79 Å². The number of thioether (sulfide) groups is 1. The fourth-order valence-corrected chi connectivity index (χ4v) is 1.69. The van der Waals surface area contributed by atoms with Crippen molar-refractivity contribution in [2.24, 2.45) is 0 Å². The van der Waals surface area contributed by atoms with Gasteiger partial charge in [-0.1, -0.05) is 0 Å². The molecule has 4 nitrogen and oxygen atoms in total. The first-order chi connectivity index (χ1) is 7.02. The number of hydrogen-bond donors (Lipinski definition) is 2. The summed E-state index contributed by atoms with van der Waals surface area (Å²) in [5.74, 6) is -2.01. The normalized spacial score (nSPS) is 9.93. The van der Waals surface area contributed by atoms with Crippen LogP contribution in [-0.4, -0.2) is 28.4 Å². The lowest BCUT2D eigenvalue weighted by atomic mass is 10.1. The van der Waals surface area contributed by atoms with Gasteiger partial charge in [0.15, 0.2) is 0 Å². The monoisotopic (exact) mass is 226 g/mol. The molecule has 0 aliphatic heterocycles. The van der Waals surface area contributed by atoms with Crippen LogP contribution >= 0.6 is 11.8 Å². The summed E-state index contributed by atoms with van der Waals surface area (Å²) < 4.78 is 0. The van der Waals surface area contributed by atoms with E-state index in [0.29, 0.717) is 5.56 Å². The van der Waals surface area contributed by atoms with Gasteiger partial charge in [-0.05, 0) is 30.0 Å². The average molecular weight is 226 g/mol. The van der Waals surface area contributed by atoms with Gasteiger partial charge in [0.25, 0.3) is 0 Å². The molecular formula is C10H10O4S. The van der Waals surface area contributed by atoms with E-state index < -0.39 is 11.9 Å². The van der Waals surface area contributed by atoms with Gasteiger partial charge in [-0.15, -0.1) is 11.8 Å². The van der Waals surface area contributed by atoms with E-state index in [1.165, 1.54) is 23.9 Å². The molecule has 0 saturated carbocycles. The van der Waals surface area contributed by atoms with E-state index in [-0.39, 0.29) is 12.0 Å². The molecule has 0 unspecified atom stereocenters. The Bertz CT molecular complexity index is 400. The second kappa shape index (κ2) is 4.84. The molecular weight excluding hydrogens is 216 g/mol. The zero-order valence-electron chi connectivity index (χ0n) is 8.06. The number of benzene rings is 1. The lowest BCUT2D eigenvalue weighted by Crippen LogP contribution is -2.03. The van der Waals surface area contributed by atoms with Crippen LogP contribution in [0.3, 0.4) is 0 Å². The van der Waals surface area contributed by atoms with Crippen molar-refractivity contribution in [3.63, 3.8) is 0 Å². The van der Waals surface area contributed by atoms with Crippen LogP contribution in [0.1, 0.15) is 15.9 Å².